The fourth-order valence-corrected chi connectivity index (χ4v) is 2.43. The molecule has 1 aliphatic rings. The highest BCUT2D eigenvalue weighted by Crippen LogP contribution is 2.19. The van der Waals surface area contributed by atoms with Gasteiger partial charge in [-0.25, -0.2) is 4.39 Å². The van der Waals surface area contributed by atoms with Gasteiger partial charge in [0.25, 0.3) is 0 Å². The number of amides is 2. The maximum Gasteiger partial charge on any atom is 0.246 e. The van der Waals surface area contributed by atoms with Crippen molar-refractivity contribution in [3.05, 3.63) is 34.1 Å². The zero-order chi connectivity index (χ0) is 14.0. The van der Waals surface area contributed by atoms with Gasteiger partial charge in [-0.2, -0.15) is 0 Å². The highest BCUT2D eigenvalue weighted by molar-refractivity contribution is 9.10. The van der Waals surface area contributed by atoms with E-state index >= 15 is 0 Å². The Kier molecular flexibility index (Phi) is 4.31. The fraction of sp³-hybridized carbons (Fsp3) is 0.385. The number of hydrogen-bond acceptors (Lipinski definition) is 3. The molecule has 0 aromatic heterocycles. The van der Waals surface area contributed by atoms with E-state index in [0.29, 0.717) is 16.5 Å². The third-order valence-electron chi connectivity index (χ3n) is 3.11. The van der Waals surface area contributed by atoms with Crippen molar-refractivity contribution in [1.82, 2.24) is 10.2 Å². The molecule has 1 aromatic carbocycles. The minimum atomic E-state index is -0.421. The van der Waals surface area contributed by atoms with Crippen LogP contribution in [0.2, 0.25) is 0 Å². The van der Waals surface area contributed by atoms with Gasteiger partial charge in [0, 0.05) is 10.0 Å². The summed E-state index contributed by atoms with van der Waals surface area (Å²) < 4.78 is 14.4. The van der Waals surface area contributed by atoms with Gasteiger partial charge in [-0.3, -0.25) is 19.8 Å². The van der Waals surface area contributed by atoms with Crippen molar-refractivity contribution >= 4 is 27.7 Å². The van der Waals surface area contributed by atoms with Gasteiger partial charge in [-0.15, -0.1) is 0 Å². The predicted molar refractivity (Wildman–Crippen MR) is 71.7 cm³/mol. The lowest BCUT2D eigenvalue weighted by molar-refractivity contribution is -0.150. The van der Waals surface area contributed by atoms with Gasteiger partial charge in [0.05, 0.1) is 19.1 Å². The Labute approximate surface area is 119 Å². The maximum atomic E-state index is 13.7. The first-order chi connectivity index (χ1) is 9.02. The Balaban J connectivity index is 2.22. The molecule has 0 bridgehead atoms. The Morgan fingerprint density at radius 3 is 2.89 bits per heavy atom. The summed E-state index contributed by atoms with van der Waals surface area (Å²) in [5.74, 6) is -1.04. The topological polar surface area (TPSA) is 49.4 Å². The zero-order valence-corrected chi connectivity index (χ0v) is 12.0. The summed E-state index contributed by atoms with van der Waals surface area (Å²) in [7, 11) is 0. The molecular formula is C13H14BrFN2O2. The molecule has 1 N–H and O–H groups in total. The Morgan fingerprint density at radius 1 is 1.47 bits per heavy atom. The number of piperazine rings is 1. The van der Waals surface area contributed by atoms with Gasteiger partial charge in [0.1, 0.15) is 5.82 Å². The molecule has 1 aromatic rings. The third-order valence-corrected chi connectivity index (χ3v) is 3.60. The van der Waals surface area contributed by atoms with E-state index in [1.54, 1.807) is 12.1 Å². The molecular weight excluding hydrogens is 315 g/mol. The Hall–Kier alpha value is -1.27. The van der Waals surface area contributed by atoms with Crippen molar-refractivity contribution < 1.29 is 14.0 Å². The first-order valence-electron chi connectivity index (χ1n) is 6.04. The van der Waals surface area contributed by atoms with E-state index in [2.05, 4.69) is 21.2 Å². The number of hydrogen-bond donors (Lipinski definition) is 1. The highest BCUT2D eigenvalue weighted by atomic mass is 79.9. The molecule has 2 amide bonds. The van der Waals surface area contributed by atoms with Crippen LogP contribution in [0.4, 0.5) is 4.39 Å². The number of carbonyl (C=O) groups excluding carboxylic acids is 2. The van der Waals surface area contributed by atoms with Crippen molar-refractivity contribution in [2.24, 2.45) is 0 Å². The summed E-state index contributed by atoms with van der Waals surface area (Å²) in [5.41, 5.74) is 0.327. The first-order valence-corrected chi connectivity index (χ1v) is 6.83. The molecule has 102 valence electrons. The fourth-order valence-electron chi connectivity index (χ4n) is 2.02. The second-order valence-corrected chi connectivity index (χ2v) is 5.31. The second-order valence-electron chi connectivity index (χ2n) is 4.40. The molecule has 1 saturated heterocycles. The monoisotopic (exact) mass is 328 g/mol. The summed E-state index contributed by atoms with van der Waals surface area (Å²) in [4.78, 5) is 25.0. The molecule has 0 spiro atoms. The molecule has 1 heterocycles. The van der Waals surface area contributed by atoms with Crippen molar-refractivity contribution in [2.45, 2.75) is 25.9 Å². The lowest BCUT2D eigenvalue weighted by Gasteiger charge is -2.31. The van der Waals surface area contributed by atoms with Crippen LogP contribution in [0.15, 0.2) is 22.7 Å². The van der Waals surface area contributed by atoms with Gasteiger partial charge in [-0.05, 0) is 24.6 Å². The minimum Gasteiger partial charge on any atom is -0.297 e. The van der Waals surface area contributed by atoms with Crippen LogP contribution in [0.5, 0.6) is 0 Å². The van der Waals surface area contributed by atoms with Crippen molar-refractivity contribution in [3.8, 4) is 0 Å². The molecule has 0 radical (unpaired) electrons. The number of nitrogens with zero attached hydrogens (tertiary/aromatic N) is 1. The van der Waals surface area contributed by atoms with Crippen LogP contribution in [0.25, 0.3) is 0 Å². The number of halogens is 2. The summed E-state index contributed by atoms with van der Waals surface area (Å²) in [6.45, 7) is 1.95. The largest absolute Gasteiger partial charge is 0.297 e. The van der Waals surface area contributed by atoms with Crippen LogP contribution >= 0.6 is 15.9 Å². The lowest BCUT2D eigenvalue weighted by atomic mass is 10.1. The molecule has 19 heavy (non-hydrogen) atoms. The summed E-state index contributed by atoms with van der Waals surface area (Å²) in [5, 5.41) is 2.87. The highest BCUT2D eigenvalue weighted by Gasteiger charge is 2.33. The van der Waals surface area contributed by atoms with Crippen molar-refractivity contribution in [3.63, 3.8) is 0 Å². The molecule has 1 unspecified atom stereocenters. The molecule has 0 aliphatic carbocycles. The predicted octanol–water partition coefficient (Wildman–Crippen LogP) is 1.83. The molecule has 2 rings (SSSR count). The average Bonchev–Trinajstić information content (AvgIpc) is 2.38. The van der Waals surface area contributed by atoms with E-state index in [1.165, 1.54) is 6.07 Å². The van der Waals surface area contributed by atoms with Crippen LogP contribution in [-0.4, -0.2) is 29.3 Å². The van der Waals surface area contributed by atoms with Gasteiger partial charge < -0.3 is 0 Å². The Bertz CT molecular complexity index is 521. The van der Waals surface area contributed by atoms with E-state index < -0.39 is 5.82 Å². The number of benzene rings is 1. The minimum absolute atomic E-state index is 0.0267. The van der Waals surface area contributed by atoms with Gasteiger partial charge >= 0.3 is 0 Å². The van der Waals surface area contributed by atoms with Crippen LogP contribution in [0.1, 0.15) is 18.9 Å². The number of imide groups is 1. The number of carbonyl (C=O) groups is 2. The lowest BCUT2D eigenvalue weighted by Crippen LogP contribution is -2.57. The van der Waals surface area contributed by atoms with Gasteiger partial charge in [-0.1, -0.05) is 22.9 Å². The van der Waals surface area contributed by atoms with Crippen LogP contribution in [0, 0.1) is 5.82 Å². The van der Waals surface area contributed by atoms with Crippen LogP contribution in [-0.2, 0) is 16.1 Å². The van der Waals surface area contributed by atoms with Crippen molar-refractivity contribution in [2.75, 3.05) is 6.54 Å². The van der Waals surface area contributed by atoms with E-state index in [0.717, 1.165) is 4.90 Å². The van der Waals surface area contributed by atoms with Crippen LogP contribution < -0.4 is 5.32 Å². The molecule has 1 aliphatic heterocycles. The van der Waals surface area contributed by atoms with Gasteiger partial charge in [0.15, 0.2) is 0 Å². The molecule has 1 fully saturated rings. The summed E-state index contributed by atoms with van der Waals surface area (Å²) >= 11 is 3.25. The van der Waals surface area contributed by atoms with Gasteiger partial charge in [0.2, 0.25) is 11.8 Å². The summed E-state index contributed by atoms with van der Waals surface area (Å²) in [6, 6.07) is 4.11. The zero-order valence-electron chi connectivity index (χ0n) is 10.5. The molecule has 0 saturated carbocycles. The maximum absolute atomic E-state index is 13.7. The van der Waals surface area contributed by atoms with Crippen LogP contribution in [0.3, 0.4) is 0 Å². The normalized spacial score (nSPS) is 19.9. The van der Waals surface area contributed by atoms with E-state index in [9.17, 15) is 14.0 Å². The second kappa shape index (κ2) is 5.79. The first kappa shape index (κ1) is 14.1. The van der Waals surface area contributed by atoms with E-state index in [4.69, 9.17) is 0 Å². The van der Waals surface area contributed by atoms with E-state index in [-0.39, 0.29) is 30.9 Å². The summed E-state index contributed by atoms with van der Waals surface area (Å²) in [6.07, 6.45) is 0.601. The van der Waals surface area contributed by atoms with Crippen molar-refractivity contribution in [1.29, 1.82) is 0 Å². The molecule has 1 atom stereocenters. The Morgan fingerprint density at radius 2 is 2.21 bits per heavy atom. The number of nitrogens with one attached hydrogen (secondary N) is 1. The standard InChI is InChI=1S/C13H14BrFN2O2/c1-2-11-13(19)17(12(18)6-16-11)7-8-5-9(14)3-4-10(8)15/h3-5,11,16H,2,6-7H2,1H3. The molecule has 4 nitrogen and oxygen atoms in total. The SMILES string of the molecule is CCC1NCC(=O)N(Cc2cc(Br)ccc2F)C1=O. The average molecular weight is 329 g/mol. The smallest absolute Gasteiger partial charge is 0.246 e. The number of rotatable bonds is 3. The van der Waals surface area contributed by atoms with E-state index in [1.807, 2.05) is 6.92 Å². The third kappa shape index (κ3) is 3.01. The quantitative estimate of drug-likeness (QED) is 0.861. The molecule has 6 heteroatoms.